The first-order valence-corrected chi connectivity index (χ1v) is 9.36. The first kappa shape index (κ1) is 20.7. The van der Waals surface area contributed by atoms with Gasteiger partial charge in [0.25, 0.3) is 0 Å². The summed E-state index contributed by atoms with van der Waals surface area (Å²) in [6.07, 6.45) is 0. The Kier molecular flexibility index (Phi) is 8.35. The summed E-state index contributed by atoms with van der Waals surface area (Å²) in [5.74, 6) is 0.945. The summed E-state index contributed by atoms with van der Waals surface area (Å²) < 4.78 is 0. The molecule has 2 aromatic rings. The van der Waals surface area contributed by atoms with Crippen LogP contribution in [0.15, 0.2) is 46.8 Å². The molecular weight excluding hydrogens is 457 g/mol. The van der Waals surface area contributed by atoms with Crippen molar-refractivity contribution in [2.75, 3.05) is 33.2 Å². The standard InChI is InChI=1S/C19H23N5S.HI/c1-21-19(22-14-17-6-4-16(13-20)5-7-17)24-10-8-23(9-11-24)15-18-3-2-12-25-18;/h2-7,12H,8-11,14-15H2,1H3,(H,21,22);1H. The van der Waals surface area contributed by atoms with Crippen LogP contribution < -0.4 is 5.32 Å². The number of nitrogens with one attached hydrogen (secondary N) is 1. The fraction of sp³-hybridized carbons (Fsp3) is 0.368. The third-order valence-corrected chi connectivity index (χ3v) is 5.24. The third kappa shape index (κ3) is 5.69. The van der Waals surface area contributed by atoms with Gasteiger partial charge in [0.15, 0.2) is 5.96 Å². The minimum atomic E-state index is 0. The predicted molar refractivity (Wildman–Crippen MR) is 118 cm³/mol. The number of rotatable bonds is 4. The van der Waals surface area contributed by atoms with Crippen LogP contribution in [0, 0.1) is 11.3 Å². The van der Waals surface area contributed by atoms with E-state index in [0.29, 0.717) is 12.1 Å². The van der Waals surface area contributed by atoms with Crippen LogP contribution in [0.1, 0.15) is 16.0 Å². The molecule has 138 valence electrons. The van der Waals surface area contributed by atoms with Gasteiger partial charge in [-0.05, 0) is 29.1 Å². The second-order valence-electron chi connectivity index (χ2n) is 6.05. The molecule has 26 heavy (non-hydrogen) atoms. The fourth-order valence-electron chi connectivity index (χ4n) is 2.95. The quantitative estimate of drug-likeness (QED) is 0.414. The highest BCUT2D eigenvalue weighted by Gasteiger charge is 2.19. The van der Waals surface area contributed by atoms with Gasteiger partial charge in [0.2, 0.25) is 0 Å². The van der Waals surface area contributed by atoms with Gasteiger partial charge in [0, 0.05) is 51.2 Å². The minimum Gasteiger partial charge on any atom is -0.352 e. The molecule has 0 atom stereocenters. The number of hydrogen-bond donors (Lipinski definition) is 1. The van der Waals surface area contributed by atoms with Gasteiger partial charge < -0.3 is 10.2 Å². The molecule has 0 bridgehead atoms. The number of aliphatic imine (C=N–C) groups is 1. The Bertz CT molecular complexity index is 728. The largest absolute Gasteiger partial charge is 0.352 e. The lowest BCUT2D eigenvalue weighted by Gasteiger charge is -2.36. The van der Waals surface area contributed by atoms with Gasteiger partial charge in [-0.1, -0.05) is 18.2 Å². The highest BCUT2D eigenvalue weighted by molar-refractivity contribution is 14.0. The van der Waals surface area contributed by atoms with Gasteiger partial charge in [0.1, 0.15) is 0 Å². The van der Waals surface area contributed by atoms with Crippen LogP contribution in [0.4, 0.5) is 0 Å². The minimum absolute atomic E-state index is 0. The first-order chi connectivity index (χ1) is 12.3. The SMILES string of the molecule is CN=C(NCc1ccc(C#N)cc1)N1CCN(Cc2cccs2)CC1.I. The Morgan fingerprint density at radius 3 is 2.50 bits per heavy atom. The molecular formula is C19H24IN5S. The number of nitrogens with zero attached hydrogens (tertiary/aromatic N) is 4. The first-order valence-electron chi connectivity index (χ1n) is 8.48. The lowest BCUT2D eigenvalue weighted by molar-refractivity contribution is 0.173. The molecule has 5 nitrogen and oxygen atoms in total. The molecule has 0 aliphatic carbocycles. The number of hydrogen-bond acceptors (Lipinski definition) is 4. The molecule has 1 aromatic carbocycles. The van der Waals surface area contributed by atoms with Crippen LogP contribution >= 0.6 is 35.3 Å². The zero-order chi connectivity index (χ0) is 17.5. The van der Waals surface area contributed by atoms with Crippen LogP contribution in [0.2, 0.25) is 0 Å². The van der Waals surface area contributed by atoms with Crippen molar-refractivity contribution in [2.45, 2.75) is 13.1 Å². The molecule has 0 radical (unpaired) electrons. The molecule has 3 rings (SSSR count). The van der Waals surface area contributed by atoms with Crippen molar-refractivity contribution in [1.29, 1.82) is 5.26 Å². The highest BCUT2D eigenvalue weighted by atomic mass is 127. The number of benzene rings is 1. The molecule has 1 saturated heterocycles. The molecule has 1 aliphatic heterocycles. The molecule has 0 spiro atoms. The van der Waals surface area contributed by atoms with E-state index in [-0.39, 0.29) is 24.0 Å². The van der Waals surface area contributed by atoms with Gasteiger partial charge in [0.05, 0.1) is 11.6 Å². The molecule has 1 N–H and O–H groups in total. The summed E-state index contributed by atoms with van der Waals surface area (Å²) in [5.41, 5.74) is 1.84. The maximum Gasteiger partial charge on any atom is 0.194 e. The van der Waals surface area contributed by atoms with Crippen LogP contribution in [0.25, 0.3) is 0 Å². The number of thiophene rings is 1. The zero-order valence-corrected chi connectivity index (χ0v) is 18.0. The van der Waals surface area contributed by atoms with E-state index < -0.39 is 0 Å². The Morgan fingerprint density at radius 2 is 1.92 bits per heavy atom. The van der Waals surface area contributed by atoms with E-state index in [0.717, 1.165) is 44.2 Å². The van der Waals surface area contributed by atoms with Crippen molar-refractivity contribution in [3.63, 3.8) is 0 Å². The summed E-state index contributed by atoms with van der Waals surface area (Å²) in [5, 5.41) is 14.4. The zero-order valence-electron chi connectivity index (χ0n) is 14.9. The molecule has 7 heteroatoms. The van der Waals surface area contributed by atoms with E-state index in [2.05, 4.69) is 43.7 Å². The van der Waals surface area contributed by atoms with E-state index in [1.165, 1.54) is 4.88 Å². The predicted octanol–water partition coefficient (Wildman–Crippen LogP) is 3.13. The van der Waals surface area contributed by atoms with E-state index in [9.17, 15) is 0 Å². The second kappa shape index (κ2) is 10.5. The summed E-state index contributed by atoms with van der Waals surface area (Å²) in [6, 6.07) is 14.1. The Morgan fingerprint density at radius 1 is 1.19 bits per heavy atom. The average molecular weight is 481 g/mol. The van der Waals surface area contributed by atoms with Crippen LogP contribution in [-0.4, -0.2) is 49.0 Å². The maximum atomic E-state index is 8.86. The van der Waals surface area contributed by atoms with Crippen molar-refractivity contribution in [3.8, 4) is 6.07 Å². The number of nitriles is 1. The topological polar surface area (TPSA) is 54.7 Å². The van der Waals surface area contributed by atoms with E-state index in [1.807, 2.05) is 42.6 Å². The van der Waals surface area contributed by atoms with Crippen LogP contribution in [-0.2, 0) is 13.1 Å². The fourth-order valence-corrected chi connectivity index (χ4v) is 3.70. The molecule has 1 aromatic heterocycles. The van der Waals surface area contributed by atoms with Crippen LogP contribution in [0.5, 0.6) is 0 Å². The van der Waals surface area contributed by atoms with Crippen molar-refractivity contribution < 1.29 is 0 Å². The van der Waals surface area contributed by atoms with Gasteiger partial charge in [-0.15, -0.1) is 35.3 Å². The Labute approximate surface area is 176 Å². The monoisotopic (exact) mass is 481 g/mol. The molecule has 1 aliphatic rings. The number of guanidine groups is 1. The summed E-state index contributed by atoms with van der Waals surface area (Å²) in [4.78, 5) is 10.7. The molecule has 0 unspecified atom stereocenters. The molecule has 0 amide bonds. The van der Waals surface area contributed by atoms with Gasteiger partial charge >= 0.3 is 0 Å². The smallest absolute Gasteiger partial charge is 0.194 e. The van der Waals surface area contributed by atoms with E-state index in [4.69, 9.17) is 5.26 Å². The Balaban J connectivity index is 0.00000243. The van der Waals surface area contributed by atoms with E-state index in [1.54, 1.807) is 0 Å². The van der Waals surface area contributed by atoms with E-state index >= 15 is 0 Å². The van der Waals surface area contributed by atoms with Crippen molar-refractivity contribution in [3.05, 3.63) is 57.8 Å². The highest BCUT2D eigenvalue weighted by Crippen LogP contribution is 2.13. The third-order valence-electron chi connectivity index (χ3n) is 4.38. The van der Waals surface area contributed by atoms with Gasteiger partial charge in [-0.3, -0.25) is 9.89 Å². The summed E-state index contributed by atoms with van der Waals surface area (Å²) in [7, 11) is 1.83. The summed E-state index contributed by atoms with van der Waals surface area (Å²) in [6.45, 7) is 5.83. The molecule has 2 heterocycles. The summed E-state index contributed by atoms with van der Waals surface area (Å²) >= 11 is 1.83. The number of halogens is 1. The molecule has 0 saturated carbocycles. The van der Waals surface area contributed by atoms with Crippen LogP contribution in [0.3, 0.4) is 0 Å². The normalized spacial score (nSPS) is 15.2. The van der Waals surface area contributed by atoms with Gasteiger partial charge in [-0.2, -0.15) is 5.26 Å². The Hall–Kier alpha value is -1.63. The number of piperazine rings is 1. The lowest BCUT2D eigenvalue weighted by Crippen LogP contribution is -2.51. The van der Waals surface area contributed by atoms with Crippen molar-refractivity contribution in [2.24, 2.45) is 4.99 Å². The van der Waals surface area contributed by atoms with Crippen molar-refractivity contribution in [1.82, 2.24) is 15.1 Å². The van der Waals surface area contributed by atoms with Crippen molar-refractivity contribution >= 4 is 41.3 Å². The average Bonchev–Trinajstić information content (AvgIpc) is 3.17. The molecule has 1 fully saturated rings. The van der Waals surface area contributed by atoms with Gasteiger partial charge in [-0.25, -0.2) is 0 Å². The lowest BCUT2D eigenvalue weighted by atomic mass is 10.1. The second-order valence-corrected chi connectivity index (χ2v) is 7.08. The maximum absolute atomic E-state index is 8.86.